The zero-order valence-corrected chi connectivity index (χ0v) is 12.0. The molecule has 0 spiro atoms. The first kappa shape index (κ1) is 13.7. The number of carbonyl (C=O) groups excluding carboxylic acids is 1. The zero-order chi connectivity index (χ0) is 13.7. The molecule has 0 atom stereocenters. The molecule has 0 aliphatic heterocycles. The summed E-state index contributed by atoms with van der Waals surface area (Å²) in [6.45, 7) is 0. The lowest BCUT2D eigenvalue weighted by Crippen LogP contribution is -2.17. The number of nitrogens with one attached hydrogen (secondary N) is 1. The second kappa shape index (κ2) is 6.42. The van der Waals surface area contributed by atoms with Crippen LogP contribution in [0.15, 0.2) is 53.6 Å². The quantitative estimate of drug-likeness (QED) is 0.505. The molecule has 0 bridgehead atoms. The van der Waals surface area contributed by atoms with Gasteiger partial charge in [-0.1, -0.05) is 24.3 Å². The van der Waals surface area contributed by atoms with E-state index in [0.717, 1.165) is 15.2 Å². The average Bonchev–Trinajstić information content (AvgIpc) is 2.41. The van der Waals surface area contributed by atoms with Crippen LogP contribution in [-0.4, -0.2) is 12.1 Å². The fraction of sp³-hybridized carbons (Fsp3) is 0. The van der Waals surface area contributed by atoms with Crippen LogP contribution in [0.5, 0.6) is 0 Å². The van der Waals surface area contributed by atoms with E-state index in [-0.39, 0.29) is 5.56 Å². The van der Waals surface area contributed by atoms with Crippen molar-refractivity contribution in [2.45, 2.75) is 0 Å². The number of rotatable bonds is 3. The van der Waals surface area contributed by atoms with Gasteiger partial charge in [0.05, 0.1) is 6.21 Å². The van der Waals surface area contributed by atoms with Gasteiger partial charge in [0.25, 0.3) is 5.91 Å². The molecule has 1 N–H and O–H groups in total. The van der Waals surface area contributed by atoms with Crippen molar-refractivity contribution in [3.63, 3.8) is 0 Å². The van der Waals surface area contributed by atoms with Gasteiger partial charge >= 0.3 is 0 Å². The van der Waals surface area contributed by atoms with Crippen LogP contribution in [0.2, 0.25) is 0 Å². The number of hydrazone groups is 1. The van der Waals surface area contributed by atoms with Crippen LogP contribution in [0, 0.1) is 9.39 Å². The van der Waals surface area contributed by atoms with Crippen LogP contribution in [0.4, 0.5) is 4.39 Å². The SMILES string of the molecule is O=C(N/N=C\c1ccccc1I)c1cccc(F)c1. The molecule has 2 aromatic carbocycles. The zero-order valence-electron chi connectivity index (χ0n) is 9.81. The van der Waals surface area contributed by atoms with E-state index in [1.165, 1.54) is 18.2 Å². The monoisotopic (exact) mass is 368 g/mol. The maximum atomic E-state index is 12.9. The second-order valence-electron chi connectivity index (χ2n) is 3.73. The van der Waals surface area contributed by atoms with E-state index >= 15 is 0 Å². The van der Waals surface area contributed by atoms with Gasteiger partial charge in [-0.25, -0.2) is 9.82 Å². The Balaban J connectivity index is 2.03. The Morgan fingerprint density at radius 1 is 1.21 bits per heavy atom. The van der Waals surface area contributed by atoms with Crippen LogP contribution < -0.4 is 5.43 Å². The van der Waals surface area contributed by atoms with Gasteiger partial charge < -0.3 is 0 Å². The molecule has 96 valence electrons. The molecule has 5 heteroatoms. The maximum Gasteiger partial charge on any atom is 0.271 e. The number of nitrogens with zero attached hydrogens (tertiary/aromatic N) is 1. The molecule has 0 radical (unpaired) electrons. The summed E-state index contributed by atoms with van der Waals surface area (Å²) >= 11 is 2.18. The van der Waals surface area contributed by atoms with E-state index < -0.39 is 11.7 Å². The van der Waals surface area contributed by atoms with Crippen molar-refractivity contribution in [2.75, 3.05) is 0 Å². The summed E-state index contributed by atoms with van der Waals surface area (Å²) < 4.78 is 14.0. The Bertz CT molecular complexity index is 628. The van der Waals surface area contributed by atoms with E-state index in [0.29, 0.717) is 0 Å². The molecule has 0 heterocycles. The Hall–Kier alpha value is -1.76. The minimum atomic E-state index is -0.450. The average molecular weight is 368 g/mol. The number of hydrogen-bond donors (Lipinski definition) is 1. The topological polar surface area (TPSA) is 41.5 Å². The summed E-state index contributed by atoms with van der Waals surface area (Å²) in [6.07, 6.45) is 1.55. The summed E-state index contributed by atoms with van der Waals surface area (Å²) in [5.41, 5.74) is 3.50. The van der Waals surface area contributed by atoms with Crippen molar-refractivity contribution in [3.05, 3.63) is 69.0 Å². The fourth-order valence-electron chi connectivity index (χ4n) is 1.43. The summed E-state index contributed by atoms with van der Waals surface area (Å²) in [7, 11) is 0. The third kappa shape index (κ3) is 3.85. The Morgan fingerprint density at radius 2 is 2.00 bits per heavy atom. The lowest BCUT2D eigenvalue weighted by Gasteiger charge is -2.00. The normalized spacial score (nSPS) is 10.6. The van der Waals surface area contributed by atoms with Gasteiger partial charge in [0.2, 0.25) is 0 Å². The van der Waals surface area contributed by atoms with Crippen LogP contribution in [0.25, 0.3) is 0 Å². The third-order valence-corrected chi connectivity index (χ3v) is 3.34. The number of carbonyl (C=O) groups is 1. The van der Waals surface area contributed by atoms with Gasteiger partial charge in [0, 0.05) is 14.7 Å². The first-order valence-corrected chi connectivity index (χ1v) is 6.58. The lowest BCUT2D eigenvalue weighted by molar-refractivity contribution is 0.0954. The summed E-state index contributed by atoms with van der Waals surface area (Å²) in [5.74, 6) is -0.893. The Labute approximate surface area is 123 Å². The van der Waals surface area contributed by atoms with Crippen molar-refractivity contribution in [3.8, 4) is 0 Å². The van der Waals surface area contributed by atoms with Crippen LogP contribution in [-0.2, 0) is 0 Å². The molecule has 0 saturated carbocycles. The van der Waals surface area contributed by atoms with Crippen molar-refractivity contribution in [1.29, 1.82) is 0 Å². The number of hydrogen-bond acceptors (Lipinski definition) is 2. The minimum Gasteiger partial charge on any atom is -0.267 e. The Kier molecular flexibility index (Phi) is 4.62. The molecule has 0 aliphatic carbocycles. The summed E-state index contributed by atoms with van der Waals surface area (Å²) in [6, 6.07) is 13.1. The highest BCUT2D eigenvalue weighted by molar-refractivity contribution is 14.1. The molecular formula is C14H10FIN2O. The van der Waals surface area contributed by atoms with Gasteiger partial charge in [0.15, 0.2) is 0 Å². The maximum absolute atomic E-state index is 12.9. The van der Waals surface area contributed by atoms with E-state index in [9.17, 15) is 9.18 Å². The van der Waals surface area contributed by atoms with Crippen molar-refractivity contribution in [1.82, 2.24) is 5.43 Å². The minimum absolute atomic E-state index is 0.236. The molecule has 0 aliphatic rings. The van der Waals surface area contributed by atoms with Crippen molar-refractivity contribution in [2.24, 2.45) is 5.10 Å². The molecule has 2 aromatic rings. The van der Waals surface area contributed by atoms with E-state index in [1.54, 1.807) is 6.21 Å². The van der Waals surface area contributed by atoms with E-state index in [2.05, 4.69) is 33.1 Å². The van der Waals surface area contributed by atoms with Crippen molar-refractivity contribution < 1.29 is 9.18 Å². The Morgan fingerprint density at radius 3 is 2.74 bits per heavy atom. The first-order valence-electron chi connectivity index (χ1n) is 5.50. The van der Waals surface area contributed by atoms with E-state index in [1.807, 2.05) is 24.3 Å². The number of halogens is 2. The second-order valence-corrected chi connectivity index (χ2v) is 4.89. The lowest BCUT2D eigenvalue weighted by atomic mass is 10.2. The van der Waals surface area contributed by atoms with E-state index in [4.69, 9.17) is 0 Å². The molecule has 0 fully saturated rings. The highest BCUT2D eigenvalue weighted by atomic mass is 127. The molecule has 19 heavy (non-hydrogen) atoms. The number of amides is 1. The summed E-state index contributed by atoms with van der Waals surface area (Å²) in [4.78, 5) is 11.7. The van der Waals surface area contributed by atoms with Gasteiger partial charge in [-0.2, -0.15) is 5.10 Å². The van der Waals surface area contributed by atoms with Gasteiger partial charge in [-0.15, -0.1) is 0 Å². The highest BCUT2D eigenvalue weighted by Gasteiger charge is 2.04. The standard InChI is InChI=1S/C14H10FIN2O/c15-12-6-3-5-10(8-12)14(19)18-17-9-11-4-1-2-7-13(11)16/h1-9H,(H,18,19)/b17-9-. The molecule has 0 unspecified atom stereocenters. The van der Waals surface area contributed by atoms with Crippen molar-refractivity contribution >= 4 is 34.7 Å². The van der Waals surface area contributed by atoms with Crippen LogP contribution in [0.3, 0.4) is 0 Å². The third-order valence-electron chi connectivity index (χ3n) is 2.36. The number of benzene rings is 2. The largest absolute Gasteiger partial charge is 0.271 e. The van der Waals surface area contributed by atoms with Crippen LogP contribution in [0.1, 0.15) is 15.9 Å². The highest BCUT2D eigenvalue weighted by Crippen LogP contribution is 2.08. The fourth-order valence-corrected chi connectivity index (χ4v) is 1.96. The molecule has 0 saturated heterocycles. The van der Waals surface area contributed by atoms with Crippen LogP contribution >= 0.6 is 22.6 Å². The molecule has 0 aromatic heterocycles. The first-order chi connectivity index (χ1) is 9.16. The molecule has 1 amide bonds. The predicted octanol–water partition coefficient (Wildman–Crippen LogP) is 3.19. The predicted molar refractivity (Wildman–Crippen MR) is 80.6 cm³/mol. The molecule has 3 nitrogen and oxygen atoms in total. The molecular weight excluding hydrogens is 358 g/mol. The molecule has 2 rings (SSSR count). The smallest absolute Gasteiger partial charge is 0.267 e. The van der Waals surface area contributed by atoms with Gasteiger partial charge in [0.1, 0.15) is 5.82 Å². The summed E-state index contributed by atoms with van der Waals surface area (Å²) in [5, 5.41) is 3.86. The van der Waals surface area contributed by atoms with Gasteiger partial charge in [-0.05, 0) is 46.9 Å². The van der Waals surface area contributed by atoms with Gasteiger partial charge in [-0.3, -0.25) is 4.79 Å².